The molecule has 0 heterocycles. The highest BCUT2D eigenvalue weighted by Crippen LogP contribution is 1.76. The van der Waals surface area contributed by atoms with Gasteiger partial charge in [-0.1, -0.05) is 26.7 Å². The van der Waals surface area contributed by atoms with Gasteiger partial charge < -0.3 is 5.11 Å². The normalized spacial score (nSPS) is 6.89. The van der Waals surface area contributed by atoms with E-state index in [1.807, 2.05) is 0 Å². The first-order chi connectivity index (χ1) is 4.18. The molecule has 3 heteroatoms. The minimum Gasteiger partial charge on any atom is -0.476 e. The summed E-state index contributed by atoms with van der Waals surface area (Å²) in [7, 11) is 0. The predicted octanol–water partition coefficient (Wildman–Crippen LogP) is 1.08. The molecule has 0 spiro atoms. The molecule has 0 atom stereocenters. The first-order valence-electron chi connectivity index (χ1n) is 2.87. The van der Waals surface area contributed by atoms with Gasteiger partial charge in [0.1, 0.15) is 0 Å². The maximum Gasteiger partial charge on any atom is 0.368 e. The highest BCUT2D eigenvalue weighted by molar-refractivity contribution is 6.19. The quantitative estimate of drug-likeness (QED) is 0.451. The van der Waals surface area contributed by atoms with E-state index in [2.05, 4.69) is 13.8 Å². The van der Waals surface area contributed by atoms with Crippen molar-refractivity contribution in [3.63, 3.8) is 0 Å². The fourth-order valence-electron chi connectivity index (χ4n) is 0. The van der Waals surface area contributed by atoms with Crippen molar-refractivity contribution in [1.82, 2.24) is 0 Å². The van der Waals surface area contributed by atoms with Crippen molar-refractivity contribution in [2.75, 3.05) is 0 Å². The van der Waals surface area contributed by atoms with Gasteiger partial charge in [0.15, 0.2) is 0 Å². The molecular formula is C6H12O3. The number of unbranched alkanes of at least 4 members (excludes halogenated alkanes) is 1. The predicted molar refractivity (Wildman–Crippen MR) is 34.3 cm³/mol. The monoisotopic (exact) mass is 132 g/mol. The number of hydrogen-bond acceptors (Lipinski definition) is 2. The summed E-state index contributed by atoms with van der Waals surface area (Å²) in [5, 5.41) is 7.35. The summed E-state index contributed by atoms with van der Waals surface area (Å²) >= 11 is 0. The molecule has 0 radical (unpaired) electrons. The van der Waals surface area contributed by atoms with Crippen LogP contribution in [0.1, 0.15) is 26.7 Å². The maximum absolute atomic E-state index is 9.00. The molecule has 9 heavy (non-hydrogen) atoms. The van der Waals surface area contributed by atoms with E-state index < -0.39 is 5.97 Å². The molecular weight excluding hydrogens is 120 g/mol. The zero-order valence-corrected chi connectivity index (χ0v) is 5.76. The third-order valence-corrected chi connectivity index (χ3v) is 0.601. The number of carboxylic acid groups (broad SMARTS) is 1. The molecule has 0 aromatic heterocycles. The molecule has 0 aliphatic rings. The Kier molecular flexibility index (Phi) is 12.5. The highest BCUT2D eigenvalue weighted by atomic mass is 16.4. The van der Waals surface area contributed by atoms with Gasteiger partial charge in [-0.3, -0.25) is 4.79 Å². The van der Waals surface area contributed by atoms with Crippen molar-refractivity contribution in [3.8, 4) is 0 Å². The minimum atomic E-state index is -1.43. The third kappa shape index (κ3) is 41.2. The summed E-state index contributed by atoms with van der Waals surface area (Å²) in [5.74, 6) is -1.43. The highest BCUT2D eigenvalue weighted by Gasteiger charge is 1.80. The fourth-order valence-corrected chi connectivity index (χ4v) is 0. The maximum atomic E-state index is 9.00. The Labute approximate surface area is 54.7 Å². The fraction of sp³-hybridized carbons (Fsp3) is 0.667. The van der Waals surface area contributed by atoms with Gasteiger partial charge in [-0.2, -0.15) is 0 Å². The molecule has 0 bridgehead atoms. The van der Waals surface area contributed by atoms with Gasteiger partial charge in [-0.05, 0) is 0 Å². The van der Waals surface area contributed by atoms with Crippen molar-refractivity contribution in [1.29, 1.82) is 0 Å². The Balaban J connectivity index is 0. The molecule has 0 saturated carbocycles. The summed E-state index contributed by atoms with van der Waals surface area (Å²) < 4.78 is 0. The van der Waals surface area contributed by atoms with Crippen LogP contribution in [0.25, 0.3) is 0 Å². The second-order valence-corrected chi connectivity index (χ2v) is 1.46. The standard InChI is InChI=1S/C4H10.C2H2O3/c1-3-4-2;3-1-2(4)5/h3-4H2,1-2H3;1H,(H,4,5). The van der Waals surface area contributed by atoms with E-state index in [0.717, 1.165) is 0 Å². The average Bonchev–Trinajstić information content (AvgIpc) is 1.89. The van der Waals surface area contributed by atoms with Crippen molar-refractivity contribution >= 4 is 12.3 Å². The Morgan fingerprint density at radius 2 is 1.67 bits per heavy atom. The topological polar surface area (TPSA) is 54.4 Å². The van der Waals surface area contributed by atoms with Crippen LogP contribution in [0.2, 0.25) is 0 Å². The zero-order valence-electron chi connectivity index (χ0n) is 5.76. The molecule has 0 saturated heterocycles. The molecule has 0 amide bonds. The van der Waals surface area contributed by atoms with Gasteiger partial charge in [0.25, 0.3) is 0 Å². The van der Waals surface area contributed by atoms with E-state index in [1.165, 1.54) is 12.8 Å². The smallest absolute Gasteiger partial charge is 0.368 e. The SMILES string of the molecule is CCCC.O=CC(=O)O. The van der Waals surface area contributed by atoms with Crippen molar-refractivity contribution in [3.05, 3.63) is 0 Å². The molecule has 0 fully saturated rings. The van der Waals surface area contributed by atoms with Gasteiger partial charge in [-0.25, -0.2) is 4.79 Å². The average molecular weight is 132 g/mol. The molecule has 0 rings (SSSR count). The molecule has 3 nitrogen and oxygen atoms in total. The van der Waals surface area contributed by atoms with E-state index in [-0.39, 0.29) is 6.29 Å². The molecule has 0 aromatic rings. The third-order valence-electron chi connectivity index (χ3n) is 0.601. The number of hydrogen-bond donors (Lipinski definition) is 1. The van der Waals surface area contributed by atoms with Crippen LogP contribution < -0.4 is 0 Å². The van der Waals surface area contributed by atoms with Crippen LogP contribution in [0.15, 0.2) is 0 Å². The van der Waals surface area contributed by atoms with E-state index >= 15 is 0 Å². The number of aldehydes is 1. The largest absolute Gasteiger partial charge is 0.476 e. The van der Waals surface area contributed by atoms with E-state index in [0.29, 0.717) is 0 Å². The molecule has 0 unspecified atom stereocenters. The summed E-state index contributed by atoms with van der Waals surface area (Å²) in [4.78, 5) is 17.9. The molecule has 1 N–H and O–H groups in total. The number of carbonyl (C=O) groups is 2. The van der Waals surface area contributed by atoms with E-state index in [9.17, 15) is 0 Å². The lowest BCUT2D eigenvalue weighted by atomic mass is 10.4. The first kappa shape index (κ1) is 11.0. The summed E-state index contributed by atoms with van der Waals surface area (Å²) in [6.45, 7) is 4.36. The van der Waals surface area contributed by atoms with Gasteiger partial charge in [-0.15, -0.1) is 0 Å². The molecule has 0 aromatic carbocycles. The summed E-state index contributed by atoms with van der Waals surface area (Å²) in [6.07, 6.45) is 2.47. The van der Waals surface area contributed by atoms with E-state index in [1.54, 1.807) is 0 Å². The Morgan fingerprint density at radius 3 is 1.67 bits per heavy atom. The second kappa shape index (κ2) is 10.2. The van der Waals surface area contributed by atoms with Gasteiger partial charge >= 0.3 is 5.97 Å². The van der Waals surface area contributed by atoms with Crippen LogP contribution in [-0.4, -0.2) is 17.4 Å². The van der Waals surface area contributed by atoms with Crippen LogP contribution >= 0.6 is 0 Å². The number of rotatable bonds is 2. The second-order valence-electron chi connectivity index (χ2n) is 1.46. The van der Waals surface area contributed by atoms with Crippen LogP contribution in [0.5, 0.6) is 0 Å². The summed E-state index contributed by atoms with van der Waals surface area (Å²) in [5.41, 5.74) is 0. The number of aliphatic carboxylic acids is 1. The first-order valence-corrected chi connectivity index (χ1v) is 2.87. The molecule has 54 valence electrons. The molecule has 0 aliphatic carbocycles. The lowest BCUT2D eigenvalue weighted by Gasteiger charge is -1.68. The minimum absolute atomic E-state index is 0.167. The van der Waals surface area contributed by atoms with Crippen LogP contribution in [-0.2, 0) is 9.59 Å². The number of carbonyl (C=O) groups excluding carboxylic acids is 1. The van der Waals surface area contributed by atoms with E-state index in [4.69, 9.17) is 14.7 Å². The number of carboxylic acids is 1. The Morgan fingerprint density at radius 1 is 1.44 bits per heavy atom. The Hall–Kier alpha value is -0.860. The van der Waals surface area contributed by atoms with Gasteiger partial charge in [0, 0.05) is 0 Å². The summed E-state index contributed by atoms with van der Waals surface area (Å²) in [6, 6.07) is 0. The van der Waals surface area contributed by atoms with Crippen molar-refractivity contribution in [2.24, 2.45) is 0 Å². The van der Waals surface area contributed by atoms with Crippen LogP contribution in [0, 0.1) is 0 Å². The molecule has 0 aliphatic heterocycles. The lowest BCUT2D eigenvalue weighted by molar-refractivity contribution is -0.143. The van der Waals surface area contributed by atoms with Crippen LogP contribution in [0.4, 0.5) is 0 Å². The zero-order chi connectivity index (χ0) is 7.70. The van der Waals surface area contributed by atoms with Gasteiger partial charge in [0.05, 0.1) is 0 Å². The van der Waals surface area contributed by atoms with Crippen molar-refractivity contribution < 1.29 is 14.7 Å². The van der Waals surface area contributed by atoms with Gasteiger partial charge in [0.2, 0.25) is 6.29 Å². The van der Waals surface area contributed by atoms with Crippen LogP contribution in [0.3, 0.4) is 0 Å². The Bertz CT molecular complexity index is 76.4. The van der Waals surface area contributed by atoms with Crippen molar-refractivity contribution in [2.45, 2.75) is 26.7 Å². The lowest BCUT2D eigenvalue weighted by Crippen LogP contribution is -1.91.